The van der Waals surface area contributed by atoms with Gasteiger partial charge in [0.1, 0.15) is 6.23 Å². The van der Waals surface area contributed by atoms with Crippen LogP contribution in [-0.2, 0) is 4.74 Å². The summed E-state index contributed by atoms with van der Waals surface area (Å²) in [6, 6.07) is 0. The Hall–Kier alpha value is 0.210. The van der Waals surface area contributed by atoms with E-state index in [0.29, 0.717) is 11.6 Å². The van der Waals surface area contributed by atoms with E-state index in [9.17, 15) is 0 Å². The highest BCUT2D eigenvalue weighted by atomic mass is 35.5. The van der Waals surface area contributed by atoms with Crippen LogP contribution in [0.25, 0.3) is 0 Å². The van der Waals surface area contributed by atoms with Crippen LogP contribution in [0.3, 0.4) is 0 Å². The van der Waals surface area contributed by atoms with E-state index < -0.39 is 0 Å². The molecule has 0 aromatic rings. The van der Waals surface area contributed by atoms with E-state index in [1.54, 1.807) is 0 Å². The Morgan fingerprint density at radius 2 is 1.80 bits per heavy atom. The van der Waals surface area contributed by atoms with Crippen LogP contribution in [-0.4, -0.2) is 19.4 Å². The van der Waals surface area contributed by atoms with Crippen LogP contribution in [0.5, 0.6) is 0 Å². The lowest BCUT2D eigenvalue weighted by Crippen LogP contribution is -2.51. The Balaban J connectivity index is 0.00000112. The van der Waals surface area contributed by atoms with Crippen LogP contribution in [0, 0.1) is 11.3 Å². The number of halogens is 1. The molecule has 0 aromatic heterocycles. The molecule has 0 bridgehead atoms. The summed E-state index contributed by atoms with van der Waals surface area (Å²) < 4.78 is 5.92. The van der Waals surface area contributed by atoms with Crippen molar-refractivity contribution >= 4 is 12.4 Å². The average molecular weight is 234 g/mol. The van der Waals surface area contributed by atoms with Crippen molar-refractivity contribution in [1.29, 1.82) is 0 Å². The lowest BCUT2D eigenvalue weighted by molar-refractivity contribution is -0.0910. The molecule has 2 nitrogen and oxygen atoms in total. The van der Waals surface area contributed by atoms with Crippen molar-refractivity contribution in [3.05, 3.63) is 0 Å². The van der Waals surface area contributed by atoms with Crippen LogP contribution in [0.2, 0.25) is 0 Å². The summed E-state index contributed by atoms with van der Waals surface area (Å²) in [5.74, 6) is 0.778. The number of rotatable bonds is 1. The Bertz CT molecular complexity index is 180. The molecule has 1 aliphatic carbocycles. The fourth-order valence-corrected chi connectivity index (χ4v) is 2.54. The SMILES string of the molecule is CC1(C)CNC(C2CCCCC2)OC1.Cl. The smallest absolute Gasteiger partial charge is 0.111 e. The van der Waals surface area contributed by atoms with Crippen LogP contribution >= 0.6 is 12.4 Å². The first-order valence-corrected chi connectivity index (χ1v) is 6.02. The van der Waals surface area contributed by atoms with E-state index in [1.807, 2.05) is 0 Å². The van der Waals surface area contributed by atoms with E-state index in [0.717, 1.165) is 19.1 Å². The van der Waals surface area contributed by atoms with Gasteiger partial charge in [-0.3, -0.25) is 5.32 Å². The topological polar surface area (TPSA) is 21.3 Å². The maximum absolute atomic E-state index is 5.92. The predicted octanol–water partition coefficient (Wildman–Crippen LogP) is 2.96. The van der Waals surface area contributed by atoms with Gasteiger partial charge in [-0.25, -0.2) is 0 Å². The average Bonchev–Trinajstić information content (AvgIpc) is 2.19. The Labute approximate surface area is 99.6 Å². The van der Waals surface area contributed by atoms with E-state index in [1.165, 1.54) is 32.1 Å². The summed E-state index contributed by atoms with van der Waals surface area (Å²) in [6.07, 6.45) is 7.29. The van der Waals surface area contributed by atoms with Gasteiger partial charge in [0.2, 0.25) is 0 Å². The zero-order valence-electron chi connectivity index (χ0n) is 9.92. The van der Waals surface area contributed by atoms with Gasteiger partial charge >= 0.3 is 0 Å². The molecule has 3 heteroatoms. The Morgan fingerprint density at radius 3 is 2.33 bits per heavy atom. The van der Waals surface area contributed by atoms with Gasteiger partial charge in [0.05, 0.1) is 6.61 Å². The van der Waals surface area contributed by atoms with Crippen LogP contribution < -0.4 is 5.32 Å². The standard InChI is InChI=1S/C12H23NO.ClH/c1-12(2)8-13-11(14-9-12)10-6-4-3-5-7-10;/h10-11,13H,3-9H2,1-2H3;1H. The molecule has 1 aliphatic heterocycles. The molecule has 2 fully saturated rings. The number of nitrogens with one attached hydrogen (secondary N) is 1. The predicted molar refractivity (Wildman–Crippen MR) is 65.3 cm³/mol. The van der Waals surface area contributed by atoms with Crippen molar-refractivity contribution in [3.8, 4) is 0 Å². The zero-order valence-corrected chi connectivity index (χ0v) is 10.7. The minimum Gasteiger partial charge on any atom is -0.362 e. The summed E-state index contributed by atoms with van der Waals surface area (Å²) in [5, 5.41) is 3.56. The lowest BCUT2D eigenvalue weighted by Gasteiger charge is -2.40. The molecule has 1 N–H and O–H groups in total. The minimum atomic E-state index is 0. The monoisotopic (exact) mass is 233 g/mol. The van der Waals surface area contributed by atoms with E-state index in [2.05, 4.69) is 19.2 Å². The number of hydrogen-bond acceptors (Lipinski definition) is 2. The van der Waals surface area contributed by atoms with Crippen molar-refractivity contribution < 1.29 is 4.74 Å². The third-order valence-corrected chi connectivity index (χ3v) is 3.51. The molecule has 1 saturated heterocycles. The van der Waals surface area contributed by atoms with Gasteiger partial charge in [-0.2, -0.15) is 0 Å². The first-order chi connectivity index (χ1) is 6.67. The van der Waals surface area contributed by atoms with Crippen LogP contribution in [0.15, 0.2) is 0 Å². The van der Waals surface area contributed by atoms with Crippen LogP contribution in [0.4, 0.5) is 0 Å². The van der Waals surface area contributed by atoms with Gasteiger partial charge in [0, 0.05) is 12.0 Å². The zero-order chi connectivity index (χ0) is 10.0. The molecule has 15 heavy (non-hydrogen) atoms. The Morgan fingerprint density at radius 1 is 1.13 bits per heavy atom. The summed E-state index contributed by atoms with van der Waals surface area (Å²) in [4.78, 5) is 0. The molecule has 0 spiro atoms. The fraction of sp³-hybridized carbons (Fsp3) is 1.00. The van der Waals surface area contributed by atoms with Crippen molar-refractivity contribution in [3.63, 3.8) is 0 Å². The molecule has 0 radical (unpaired) electrons. The first-order valence-electron chi connectivity index (χ1n) is 6.02. The third-order valence-electron chi connectivity index (χ3n) is 3.51. The van der Waals surface area contributed by atoms with Gasteiger partial charge in [-0.15, -0.1) is 12.4 Å². The highest BCUT2D eigenvalue weighted by Crippen LogP contribution is 2.30. The molecule has 2 aliphatic rings. The molecular formula is C12H24ClNO. The highest BCUT2D eigenvalue weighted by molar-refractivity contribution is 5.85. The van der Waals surface area contributed by atoms with Gasteiger partial charge in [0.25, 0.3) is 0 Å². The second-order valence-electron chi connectivity index (χ2n) is 5.67. The number of ether oxygens (including phenoxy) is 1. The maximum atomic E-state index is 5.92. The lowest BCUT2D eigenvalue weighted by atomic mass is 9.86. The first kappa shape index (κ1) is 13.3. The quantitative estimate of drug-likeness (QED) is 0.752. The van der Waals surface area contributed by atoms with Gasteiger partial charge in [-0.05, 0) is 18.8 Å². The fourth-order valence-electron chi connectivity index (χ4n) is 2.54. The van der Waals surface area contributed by atoms with E-state index in [4.69, 9.17) is 4.74 Å². The van der Waals surface area contributed by atoms with Crippen LogP contribution in [0.1, 0.15) is 46.0 Å². The molecule has 1 atom stereocenters. The third kappa shape index (κ3) is 3.61. The Kier molecular flexibility index (Phi) is 4.88. The highest BCUT2D eigenvalue weighted by Gasteiger charge is 2.32. The second-order valence-corrected chi connectivity index (χ2v) is 5.67. The summed E-state index contributed by atoms with van der Waals surface area (Å²) in [7, 11) is 0. The largest absolute Gasteiger partial charge is 0.362 e. The molecular weight excluding hydrogens is 210 g/mol. The number of hydrogen-bond donors (Lipinski definition) is 1. The van der Waals surface area contributed by atoms with Crippen molar-refractivity contribution in [2.24, 2.45) is 11.3 Å². The minimum absolute atomic E-state index is 0. The van der Waals surface area contributed by atoms with E-state index in [-0.39, 0.29) is 12.4 Å². The molecule has 90 valence electrons. The van der Waals surface area contributed by atoms with Crippen molar-refractivity contribution in [1.82, 2.24) is 5.32 Å². The van der Waals surface area contributed by atoms with Gasteiger partial charge in [0.15, 0.2) is 0 Å². The van der Waals surface area contributed by atoms with Gasteiger partial charge < -0.3 is 4.74 Å². The molecule has 0 aromatic carbocycles. The second kappa shape index (κ2) is 5.51. The normalized spacial score (nSPS) is 32.0. The molecule has 1 heterocycles. The summed E-state index contributed by atoms with van der Waals surface area (Å²) in [6.45, 7) is 6.55. The molecule has 2 rings (SSSR count). The maximum Gasteiger partial charge on any atom is 0.111 e. The molecule has 1 unspecified atom stereocenters. The molecule has 1 saturated carbocycles. The molecule has 0 amide bonds. The summed E-state index contributed by atoms with van der Waals surface area (Å²) >= 11 is 0. The van der Waals surface area contributed by atoms with Gasteiger partial charge in [-0.1, -0.05) is 33.1 Å². The van der Waals surface area contributed by atoms with Crippen molar-refractivity contribution in [2.45, 2.75) is 52.2 Å². The van der Waals surface area contributed by atoms with Crippen molar-refractivity contribution in [2.75, 3.05) is 13.2 Å². The van der Waals surface area contributed by atoms with E-state index >= 15 is 0 Å². The summed E-state index contributed by atoms with van der Waals surface area (Å²) in [5.41, 5.74) is 0.325.